The molecule has 0 rings (SSSR count). The maximum absolute atomic E-state index is 12.2. The zero-order valence-corrected chi connectivity index (χ0v) is 11.6. The molecule has 0 aromatic rings. The fraction of sp³-hybridized carbons (Fsp3) is 0.400. The van der Waals surface area contributed by atoms with Gasteiger partial charge >= 0.3 is 0 Å². The van der Waals surface area contributed by atoms with E-state index in [9.17, 15) is 14.4 Å². The van der Waals surface area contributed by atoms with Crippen molar-refractivity contribution in [3.8, 4) is 0 Å². The monoisotopic (exact) mass is 263 g/mol. The topological polar surface area (TPSA) is 54.5 Å². The van der Waals surface area contributed by atoms with Gasteiger partial charge in [-0.05, 0) is 31.3 Å². The van der Waals surface area contributed by atoms with Gasteiger partial charge in [0, 0.05) is 6.42 Å². The standard InChI is InChI=1S/C15H21NO3/c1-6-12(17)11-15(13(18)7-2,14(19)8-3)16(9-4)10-5/h6-8H,1-3,9-11H2,4-5H3. The Morgan fingerprint density at radius 3 is 1.63 bits per heavy atom. The van der Waals surface area contributed by atoms with Crippen LogP contribution in [-0.4, -0.2) is 40.9 Å². The van der Waals surface area contributed by atoms with Crippen molar-refractivity contribution in [2.45, 2.75) is 25.8 Å². The van der Waals surface area contributed by atoms with Crippen molar-refractivity contribution in [1.29, 1.82) is 0 Å². The average Bonchev–Trinajstić information content (AvgIpc) is 2.44. The van der Waals surface area contributed by atoms with Crippen molar-refractivity contribution in [1.82, 2.24) is 4.90 Å². The van der Waals surface area contributed by atoms with Crippen LogP contribution < -0.4 is 0 Å². The zero-order chi connectivity index (χ0) is 15.1. The molecule has 0 saturated carbocycles. The van der Waals surface area contributed by atoms with Crippen molar-refractivity contribution < 1.29 is 14.4 Å². The van der Waals surface area contributed by atoms with E-state index in [1.165, 1.54) is 0 Å². The predicted octanol–water partition coefficient (Wildman–Crippen LogP) is 1.72. The summed E-state index contributed by atoms with van der Waals surface area (Å²) >= 11 is 0. The van der Waals surface area contributed by atoms with Gasteiger partial charge in [0.2, 0.25) is 0 Å². The van der Waals surface area contributed by atoms with E-state index in [4.69, 9.17) is 0 Å². The molecular weight excluding hydrogens is 242 g/mol. The Hall–Kier alpha value is -1.81. The third-order valence-electron chi connectivity index (χ3n) is 3.15. The molecule has 0 aromatic heterocycles. The van der Waals surface area contributed by atoms with E-state index >= 15 is 0 Å². The molecule has 0 atom stereocenters. The number of ketones is 3. The van der Waals surface area contributed by atoms with Gasteiger partial charge in [-0.15, -0.1) is 0 Å². The van der Waals surface area contributed by atoms with Gasteiger partial charge in [0.1, 0.15) is 0 Å². The Morgan fingerprint density at radius 2 is 1.37 bits per heavy atom. The molecule has 104 valence electrons. The van der Waals surface area contributed by atoms with Crippen LogP contribution in [0.3, 0.4) is 0 Å². The zero-order valence-electron chi connectivity index (χ0n) is 11.6. The first kappa shape index (κ1) is 17.2. The van der Waals surface area contributed by atoms with Crippen LogP contribution in [0.4, 0.5) is 0 Å². The summed E-state index contributed by atoms with van der Waals surface area (Å²) in [5.74, 6) is -1.34. The predicted molar refractivity (Wildman–Crippen MR) is 75.9 cm³/mol. The summed E-state index contributed by atoms with van der Waals surface area (Å²) < 4.78 is 0. The Labute approximate surface area is 114 Å². The van der Waals surface area contributed by atoms with Gasteiger partial charge in [0.15, 0.2) is 22.9 Å². The molecule has 0 aliphatic rings. The summed E-state index contributed by atoms with van der Waals surface area (Å²) in [5.41, 5.74) is -1.54. The number of likely N-dealkylation sites (N-methyl/N-ethyl adjacent to an activating group) is 1. The number of carbonyl (C=O) groups excluding carboxylic acids is 3. The first-order valence-electron chi connectivity index (χ1n) is 6.18. The van der Waals surface area contributed by atoms with Crippen molar-refractivity contribution in [3.63, 3.8) is 0 Å². The normalized spacial score (nSPS) is 10.9. The first-order valence-corrected chi connectivity index (χ1v) is 6.18. The number of rotatable bonds is 10. The van der Waals surface area contributed by atoms with Crippen LogP contribution in [0.2, 0.25) is 0 Å². The second kappa shape index (κ2) is 7.59. The summed E-state index contributed by atoms with van der Waals surface area (Å²) in [6.45, 7) is 14.8. The quantitative estimate of drug-likeness (QED) is 0.445. The first-order chi connectivity index (χ1) is 8.94. The van der Waals surface area contributed by atoms with E-state index < -0.39 is 17.1 Å². The molecule has 0 spiro atoms. The number of nitrogens with zero attached hydrogens (tertiary/aromatic N) is 1. The molecule has 0 bridgehead atoms. The fourth-order valence-corrected chi connectivity index (χ4v) is 2.14. The third-order valence-corrected chi connectivity index (χ3v) is 3.15. The van der Waals surface area contributed by atoms with Gasteiger partial charge < -0.3 is 0 Å². The molecule has 0 fully saturated rings. The lowest BCUT2D eigenvalue weighted by atomic mass is 9.81. The number of carbonyl (C=O) groups is 3. The highest BCUT2D eigenvalue weighted by Crippen LogP contribution is 2.25. The summed E-state index contributed by atoms with van der Waals surface area (Å²) in [7, 11) is 0. The van der Waals surface area contributed by atoms with Crippen LogP contribution in [0.5, 0.6) is 0 Å². The number of allylic oxidation sites excluding steroid dienone is 1. The van der Waals surface area contributed by atoms with Crippen molar-refractivity contribution in [2.24, 2.45) is 0 Å². The molecule has 0 saturated heterocycles. The molecule has 0 N–H and O–H groups in total. The Balaban J connectivity index is 5.97. The highest BCUT2D eigenvalue weighted by Gasteiger charge is 2.47. The highest BCUT2D eigenvalue weighted by atomic mass is 16.2. The van der Waals surface area contributed by atoms with E-state index in [2.05, 4.69) is 19.7 Å². The summed E-state index contributed by atoms with van der Waals surface area (Å²) in [6.07, 6.45) is 3.03. The van der Waals surface area contributed by atoms with Crippen LogP contribution in [0, 0.1) is 0 Å². The van der Waals surface area contributed by atoms with Crippen LogP contribution in [0.15, 0.2) is 38.0 Å². The largest absolute Gasteiger partial charge is 0.295 e. The van der Waals surface area contributed by atoms with Gasteiger partial charge in [0.25, 0.3) is 0 Å². The molecule has 4 nitrogen and oxygen atoms in total. The van der Waals surface area contributed by atoms with E-state index in [-0.39, 0.29) is 12.2 Å². The van der Waals surface area contributed by atoms with Gasteiger partial charge in [-0.3, -0.25) is 19.3 Å². The van der Waals surface area contributed by atoms with E-state index in [0.29, 0.717) is 13.1 Å². The summed E-state index contributed by atoms with van der Waals surface area (Å²) in [4.78, 5) is 37.8. The van der Waals surface area contributed by atoms with Crippen LogP contribution >= 0.6 is 0 Å². The minimum Gasteiger partial charge on any atom is -0.295 e. The van der Waals surface area contributed by atoms with Crippen LogP contribution in [-0.2, 0) is 14.4 Å². The van der Waals surface area contributed by atoms with Crippen LogP contribution in [0.1, 0.15) is 20.3 Å². The molecule has 0 aromatic carbocycles. The van der Waals surface area contributed by atoms with Crippen molar-refractivity contribution in [3.05, 3.63) is 38.0 Å². The molecule has 0 heterocycles. The van der Waals surface area contributed by atoms with Crippen LogP contribution in [0.25, 0.3) is 0 Å². The summed E-state index contributed by atoms with van der Waals surface area (Å²) in [5, 5.41) is 0. The van der Waals surface area contributed by atoms with E-state index in [1.807, 2.05) is 13.8 Å². The molecule has 0 unspecified atom stereocenters. The molecule has 0 aliphatic heterocycles. The Morgan fingerprint density at radius 1 is 0.947 bits per heavy atom. The molecule has 4 heteroatoms. The molecule has 0 amide bonds. The Bertz CT molecular complexity index is 386. The summed E-state index contributed by atoms with van der Waals surface area (Å²) in [6, 6.07) is 0. The van der Waals surface area contributed by atoms with Crippen molar-refractivity contribution in [2.75, 3.05) is 13.1 Å². The average molecular weight is 263 g/mol. The maximum atomic E-state index is 12.2. The van der Waals surface area contributed by atoms with Gasteiger partial charge in [-0.2, -0.15) is 0 Å². The third kappa shape index (κ3) is 3.35. The van der Waals surface area contributed by atoms with Gasteiger partial charge in [-0.1, -0.05) is 33.6 Å². The Kier molecular flexibility index (Phi) is 6.86. The number of hydrogen-bond donors (Lipinski definition) is 0. The fourth-order valence-electron chi connectivity index (χ4n) is 2.14. The molecule has 0 aliphatic carbocycles. The van der Waals surface area contributed by atoms with Crippen molar-refractivity contribution >= 4 is 17.3 Å². The maximum Gasteiger partial charge on any atom is 0.183 e. The number of hydrogen-bond acceptors (Lipinski definition) is 4. The lowest BCUT2D eigenvalue weighted by Gasteiger charge is -2.38. The second-order valence-electron chi connectivity index (χ2n) is 4.02. The molecule has 19 heavy (non-hydrogen) atoms. The lowest BCUT2D eigenvalue weighted by molar-refractivity contribution is -0.141. The van der Waals surface area contributed by atoms with Gasteiger partial charge in [-0.25, -0.2) is 0 Å². The SMILES string of the molecule is C=CC(=O)CC(C(=O)C=C)(C(=O)C=C)N(CC)CC. The highest BCUT2D eigenvalue weighted by molar-refractivity contribution is 6.21. The van der Waals surface area contributed by atoms with E-state index in [0.717, 1.165) is 18.2 Å². The van der Waals surface area contributed by atoms with Gasteiger partial charge in [0.05, 0.1) is 0 Å². The minimum absolute atomic E-state index is 0.242. The molecule has 0 radical (unpaired) electrons. The lowest BCUT2D eigenvalue weighted by Crippen LogP contribution is -2.60. The molecular formula is C15H21NO3. The minimum atomic E-state index is -1.54. The second-order valence-corrected chi connectivity index (χ2v) is 4.02. The smallest absolute Gasteiger partial charge is 0.183 e. The van der Waals surface area contributed by atoms with E-state index in [1.54, 1.807) is 4.90 Å².